The van der Waals surface area contributed by atoms with Crippen molar-refractivity contribution in [2.75, 3.05) is 11.1 Å². The fourth-order valence-electron chi connectivity index (χ4n) is 1.64. The first-order valence-corrected chi connectivity index (χ1v) is 5.28. The SMILES string of the molecule is Cc1nn(C)c(Nc2ccc(C#N)cc2F)c1N. The molecule has 3 N–H and O–H groups in total. The van der Waals surface area contributed by atoms with Gasteiger partial charge in [-0.1, -0.05) is 0 Å². The molecular weight excluding hydrogens is 233 g/mol. The first-order chi connectivity index (χ1) is 8.52. The number of nitriles is 1. The molecule has 0 amide bonds. The van der Waals surface area contributed by atoms with E-state index in [-0.39, 0.29) is 11.3 Å². The van der Waals surface area contributed by atoms with Crippen LogP contribution in [-0.2, 0) is 7.05 Å². The molecule has 1 aromatic carbocycles. The molecule has 18 heavy (non-hydrogen) atoms. The summed E-state index contributed by atoms with van der Waals surface area (Å²) < 4.78 is 15.3. The summed E-state index contributed by atoms with van der Waals surface area (Å²) in [6, 6.07) is 6.07. The lowest BCUT2D eigenvalue weighted by Crippen LogP contribution is -2.03. The minimum atomic E-state index is -0.507. The first-order valence-electron chi connectivity index (χ1n) is 5.28. The predicted octanol–water partition coefficient (Wildman–Crippen LogP) is 2.07. The summed E-state index contributed by atoms with van der Waals surface area (Å²) in [5.41, 5.74) is 7.51. The normalized spacial score (nSPS) is 10.1. The summed E-state index contributed by atoms with van der Waals surface area (Å²) in [6.45, 7) is 1.77. The Morgan fingerprint density at radius 1 is 1.50 bits per heavy atom. The number of nitrogen functional groups attached to an aromatic ring is 1. The van der Waals surface area contributed by atoms with Crippen molar-refractivity contribution in [3.05, 3.63) is 35.3 Å². The van der Waals surface area contributed by atoms with Crippen molar-refractivity contribution >= 4 is 17.2 Å². The van der Waals surface area contributed by atoms with E-state index < -0.39 is 5.82 Å². The fraction of sp³-hybridized carbons (Fsp3) is 0.167. The summed E-state index contributed by atoms with van der Waals surface area (Å²) in [5, 5.41) is 15.7. The summed E-state index contributed by atoms with van der Waals surface area (Å²) in [4.78, 5) is 0. The number of rotatable bonds is 2. The first kappa shape index (κ1) is 11.9. The van der Waals surface area contributed by atoms with Crippen LogP contribution in [0.3, 0.4) is 0 Å². The van der Waals surface area contributed by atoms with E-state index >= 15 is 0 Å². The Kier molecular flexibility index (Phi) is 2.90. The van der Waals surface area contributed by atoms with E-state index in [4.69, 9.17) is 11.0 Å². The van der Waals surface area contributed by atoms with Crippen molar-refractivity contribution in [3.63, 3.8) is 0 Å². The largest absolute Gasteiger partial charge is 0.394 e. The zero-order chi connectivity index (χ0) is 13.3. The Labute approximate surface area is 104 Å². The average molecular weight is 245 g/mol. The van der Waals surface area contributed by atoms with Crippen LogP contribution < -0.4 is 11.1 Å². The van der Waals surface area contributed by atoms with Crippen molar-refractivity contribution < 1.29 is 4.39 Å². The molecule has 0 aliphatic rings. The van der Waals surface area contributed by atoms with Gasteiger partial charge >= 0.3 is 0 Å². The van der Waals surface area contributed by atoms with E-state index in [9.17, 15) is 4.39 Å². The van der Waals surface area contributed by atoms with E-state index in [1.165, 1.54) is 18.2 Å². The van der Waals surface area contributed by atoms with Crippen LogP contribution in [0.15, 0.2) is 18.2 Å². The lowest BCUT2D eigenvalue weighted by molar-refractivity contribution is 0.631. The third-order valence-electron chi connectivity index (χ3n) is 2.62. The van der Waals surface area contributed by atoms with Gasteiger partial charge in [0.1, 0.15) is 5.82 Å². The average Bonchev–Trinajstić information content (AvgIpc) is 2.58. The Morgan fingerprint density at radius 3 is 2.72 bits per heavy atom. The maximum Gasteiger partial charge on any atom is 0.152 e. The topological polar surface area (TPSA) is 79.7 Å². The number of nitrogens with two attached hydrogens (primary N) is 1. The molecule has 2 rings (SSSR count). The number of nitrogens with zero attached hydrogens (tertiary/aromatic N) is 3. The van der Waals surface area contributed by atoms with Gasteiger partial charge in [0.15, 0.2) is 5.82 Å². The molecule has 0 unspecified atom stereocenters. The van der Waals surface area contributed by atoms with Gasteiger partial charge < -0.3 is 11.1 Å². The number of nitrogens with one attached hydrogen (secondary N) is 1. The lowest BCUT2D eigenvalue weighted by atomic mass is 10.2. The molecule has 0 aliphatic heterocycles. The highest BCUT2D eigenvalue weighted by Gasteiger charge is 2.12. The second kappa shape index (κ2) is 4.37. The minimum Gasteiger partial charge on any atom is -0.394 e. The monoisotopic (exact) mass is 245 g/mol. The van der Waals surface area contributed by atoms with Gasteiger partial charge in [-0.3, -0.25) is 4.68 Å². The van der Waals surface area contributed by atoms with Crippen LogP contribution in [-0.4, -0.2) is 9.78 Å². The number of hydrogen-bond acceptors (Lipinski definition) is 4. The van der Waals surface area contributed by atoms with E-state index in [0.717, 1.165) is 0 Å². The van der Waals surface area contributed by atoms with Crippen molar-refractivity contribution in [2.45, 2.75) is 6.92 Å². The molecule has 0 atom stereocenters. The van der Waals surface area contributed by atoms with Crippen molar-refractivity contribution in [1.29, 1.82) is 5.26 Å². The van der Waals surface area contributed by atoms with Gasteiger partial charge in [-0.25, -0.2) is 4.39 Å². The van der Waals surface area contributed by atoms with Gasteiger partial charge in [-0.05, 0) is 25.1 Å². The second-order valence-corrected chi connectivity index (χ2v) is 3.90. The third kappa shape index (κ3) is 1.98. The minimum absolute atomic E-state index is 0.253. The molecule has 0 saturated heterocycles. The Hall–Kier alpha value is -2.55. The molecule has 5 nitrogen and oxygen atoms in total. The molecule has 92 valence electrons. The molecule has 2 aromatic rings. The Morgan fingerprint density at radius 2 is 2.22 bits per heavy atom. The van der Waals surface area contributed by atoms with Gasteiger partial charge in [0, 0.05) is 7.05 Å². The van der Waals surface area contributed by atoms with Crippen LogP contribution in [0.2, 0.25) is 0 Å². The molecule has 0 fully saturated rings. The highest BCUT2D eigenvalue weighted by Crippen LogP contribution is 2.26. The number of aromatic nitrogens is 2. The van der Waals surface area contributed by atoms with Crippen LogP contribution >= 0.6 is 0 Å². The molecule has 0 aliphatic carbocycles. The molecule has 0 radical (unpaired) electrons. The van der Waals surface area contributed by atoms with Crippen molar-refractivity contribution in [3.8, 4) is 6.07 Å². The summed E-state index contributed by atoms with van der Waals surface area (Å²) in [5.74, 6) is 0.0170. The molecule has 0 bridgehead atoms. The number of benzene rings is 1. The van der Waals surface area contributed by atoms with Gasteiger partial charge in [0.05, 0.1) is 28.7 Å². The standard InChI is InChI=1S/C12H12FN5/c1-7-11(15)12(18(2)17-7)16-10-4-3-8(6-14)5-9(10)13/h3-5,16H,15H2,1-2H3. The maximum absolute atomic E-state index is 13.7. The zero-order valence-electron chi connectivity index (χ0n) is 10.0. The van der Waals surface area contributed by atoms with E-state index in [0.29, 0.717) is 17.2 Å². The van der Waals surface area contributed by atoms with Crippen LogP contribution in [0.1, 0.15) is 11.3 Å². The summed E-state index contributed by atoms with van der Waals surface area (Å²) in [7, 11) is 1.72. The van der Waals surface area contributed by atoms with Gasteiger partial charge in [0.2, 0.25) is 0 Å². The van der Waals surface area contributed by atoms with Crippen LogP contribution in [0, 0.1) is 24.1 Å². The summed E-state index contributed by atoms with van der Waals surface area (Å²) in [6.07, 6.45) is 0. The van der Waals surface area contributed by atoms with Gasteiger partial charge in [-0.2, -0.15) is 10.4 Å². The predicted molar refractivity (Wildman–Crippen MR) is 66.8 cm³/mol. The Bertz CT molecular complexity index is 639. The second-order valence-electron chi connectivity index (χ2n) is 3.90. The third-order valence-corrected chi connectivity index (χ3v) is 2.62. The van der Waals surface area contributed by atoms with E-state index in [1.807, 2.05) is 6.07 Å². The quantitative estimate of drug-likeness (QED) is 0.848. The molecule has 0 saturated carbocycles. The van der Waals surface area contributed by atoms with E-state index in [1.54, 1.807) is 18.7 Å². The number of aryl methyl sites for hydroxylation is 2. The lowest BCUT2D eigenvalue weighted by Gasteiger charge is -2.08. The molecular formula is C12H12FN5. The van der Waals surface area contributed by atoms with Crippen molar-refractivity contribution in [1.82, 2.24) is 9.78 Å². The number of hydrogen-bond donors (Lipinski definition) is 2. The van der Waals surface area contributed by atoms with Gasteiger partial charge in [0.25, 0.3) is 0 Å². The van der Waals surface area contributed by atoms with Gasteiger partial charge in [-0.15, -0.1) is 0 Å². The number of anilines is 3. The number of halogens is 1. The zero-order valence-corrected chi connectivity index (χ0v) is 10.0. The molecule has 0 spiro atoms. The smallest absolute Gasteiger partial charge is 0.152 e. The molecule has 6 heteroatoms. The fourth-order valence-corrected chi connectivity index (χ4v) is 1.64. The van der Waals surface area contributed by atoms with Crippen molar-refractivity contribution in [2.24, 2.45) is 7.05 Å². The van der Waals surface area contributed by atoms with Crippen LogP contribution in [0.4, 0.5) is 21.6 Å². The molecule has 1 aromatic heterocycles. The summed E-state index contributed by atoms with van der Waals surface area (Å²) >= 11 is 0. The van der Waals surface area contributed by atoms with E-state index in [2.05, 4.69) is 10.4 Å². The highest BCUT2D eigenvalue weighted by molar-refractivity contribution is 5.71. The van der Waals surface area contributed by atoms with Crippen LogP contribution in [0.25, 0.3) is 0 Å². The Balaban J connectivity index is 2.38. The van der Waals surface area contributed by atoms with Crippen LogP contribution in [0.5, 0.6) is 0 Å². The molecule has 1 heterocycles. The maximum atomic E-state index is 13.7. The highest BCUT2D eigenvalue weighted by atomic mass is 19.1.